The van der Waals surface area contributed by atoms with Gasteiger partial charge in [0, 0.05) is 0 Å². The van der Waals surface area contributed by atoms with Crippen LogP contribution in [0.15, 0.2) is 109 Å². The van der Waals surface area contributed by atoms with E-state index in [4.69, 9.17) is 0 Å². The average Bonchev–Trinajstić information content (AvgIpc) is 4.11. The van der Waals surface area contributed by atoms with Crippen LogP contribution in [0.25, 0.3) is 0 Å². The average molecular weight is 745 g/mol. The molecule has 1 spiro atoms. The van der Waals surface area contributed by atoms with E-state index in [1.807, 2.05) is 11.1 Å². The molecule has 0 nitrogen and oxygen atoms in total. The number of fused-ring (bicyclic) bond motifs is 11. The van der Waals surface area contributed by atoms with Gasteiger partial charge in [0.25, 0.3) is 0 Å². The molecule has 0 aromatic heterocycles. The molecular formula is C48H50FeP2. The van der Waals surface area contributed by atoms with Gasteiger partial charge in [-0.3, -0.25) is 0 Å². The van der Waals surface area contributed by atoms with Gasteiger partial charge in [-0.05, 0) is 0 Å². The molecule has 4 bridgehead atoms. The van der Waals surface area contributed by atoms with E-state index in [1.54, 1.807) is 60.0 Å². The molecule has 10 heterocycles. The molecular weight excluding hydrogens is 694 g/mol. The predicted octanol–water partition coefficient (Wildman–Crippen LogP) is 11.4. The van der Waals surface area contributed by atoms with E-state index in [2.05, 4.69) is 132 Å². The Morgan fingerprint density at radius 3 is 1.55 bits per heavy atom. The van der Waals surface area contributed by atoms with Crippen LogP contribution in [0.2, 0.25) is 37.5 Å². The summed E-state index contributed by atoms with van der Waals surface area (Å²) in [5.74, 6) is 4.04. The van der Waals surface area contributed by atoms with Crippen molar-refractivity contribution >= 4 is 27.8 Å². The Morgan fingerprint density at radius 2 is 1.08 bits per heavy atom. The third kappa shape index (κ3) is 0.796. The van der Waals surface area contributed by atoms with Crippen molar-refractivity contribution in [2.24, 2.45) is 29.1 Å². The van der Waals surface area contributed by atoms with Gasteiger partial charge in [-0.25, -0.2) is 0 Å². The molecule has 3 heteroatoms. The zero-order chi connectivity index (χ0) is 33.3. The third-order valence-electron chi connectivity index (χ3n) is 26.6. The van der Waals surface area contributed by atoms with E-state index in [9.17, 15) is 0 Å². The fraction of sp³-hybridized carbons (Fsp3) is 0.500. The second-order valence-electron chi connectivity index (χ2n) is 22.5. The summed E-state index contributed by atoms with van der Waals surface area (Å²) >= 11 is 0. The van der Waals surface area contributed by atoms with Crippen molar-refractivity contribution in [2.45, 2.75) is 92.1 Å². The first-order valence-corrected chi connectivity index (χ1v) is 29.1. The summed E-state index contributed by atoms with van der Waals surface area (Å²) in [7, 11) is 3.18. The number of rotatable bonds is 8. The Hall–Kier alpha value is -1.74. The van der Waals surface area contributed by atoms with Crippen LogP contribution < -0.4 is 10.6 Å². The molecule has 14 aliphatic rings. The zero-order valence-corrected chi connectivity index (χ0v) is 33.1. The number of aryl methyl sites for hydroxylation is 2. The van der Waals surface area contributed by atoms with Gasteiger partial charge < -0.3 is 0 Å². The van der Waals surface area contributed by atoms with Crippen LogP contribution in [-0.2, 0) is 15.1 Å². The second kappa shape index (κ2) is 4.84. The van der Waals surface area contributed by atoms with E-state index in [0.717, 1.165) is 28.5 Å². The van der Waals surface area contributed by atoms with Gasteiger partial charge in [-0.2, -0.15) is 0 Å². The van der Waals surface area contributed by atoms with E-state index in [-0.39, 0.29) is 0 Å². The van der Waals surface area contributed by atoms with Crippen LogP contribution in [0.1, 0.15) is 54.4 Å². The second-order valence-corrected chi connectivity index (χ2v) is 47.7. The molecule has 14 fully saturated rings. The topological polar surface area (TPSA) is 0 Å². The summed E-state index contributed by atoms with van der Waals surface area (Å²) in [4.78, 5) is 7.05. The Labute approximate surface area is 297 Å². The molecule has 51 heavy (non-hydrogen) atoms. The fourth-order valence-electron chi connectivity index (χ4n) is 30.0. The molecule has 4 aliphatic carbocycles. The Morgan fingerprint density at radius 1 is 0.608 bits per heavy atom. The molecule has 0 radical (unpaired) electrons. The summed E-state index contributed by atoms with van der Waals surface area (Å²) in [5, 5.41) is 3.45. The normalized spacial score (nSPS) is 64.2. The molecule has 6 atom stereocenters. The Balaban J connectivity index is 1.05. The first-order valence-electron chi connectivity index (χ1n) is 20.7. The number of hydrogen-bond donors (Lipinski definition) is 0. The third-order valence-corrected chi connectivity index (χ3v) is 75.0. The first-order chi connectivity index (χ1) is 24.8. The van der Waals surface area contributed by atoms with Crippen molar-refractivity contribution < 1.29 is 6.51 Å². The van der Waals surface area contributed by atoms with Crippen LogP contribution in [0.5, 0.6) is 0 Å². The fourth-order valence-corrected chi connectivity index (χ4v) is 119. The van der Waals surface area contributed by atoms with E-state index in [0.29, 0.717) is 22.7 Å². The summed E-state index contributed by atoms with van der Waals surface area (Å²) in [6.07, 6.45) is 10.9. The van der Waals surface area contributed by atoms with E-state index >= 15 is 0 Å². The Bertz CT molecular complexity index is 2700. The van der Waals surface area contributed by atoms with Crippen LogP contribution in [0.4, 0.5) is 0 Å². The standard InChI is InChI=1S/C43H45P2.C5H5.Fe/c1-29-13-9-11-19-39(29)45(40-20-12-10-14-30(40)2)27-35-26-38(33-15-5-3-6-16-33)41(34-17-7-4-8-18-34)42(35)43(28-44)36-22-31-21-32(24-36)25-37(43)23-31;1-2-4-5-3-1;/h3-20,26,31-32,36-37H,21-25,27-28,44H2,1-2H3;1-5H;. The quantitative estimate of drug-likeness (QED) is 0.125. The molecule has 0 N–H and O–H groups in total. The molecule has 6 unspecified atom stereocenters. The molecule has 10 aliphatic heterocycles. The minimum atomic E-state index is -4.68. The maximum absolute atomic E-state index is 4.68. The summed E-state index contributed by atoms with van der Waals surface area (Å²) < 4.78 is 2.40. The predicted molar refractivity (Wildman–Crippen MR) is 212 cm³/mol. The number of hydrogen-bond acceptors (Lipinski definition) is 0. The van der Waals surface area contributed by atoms with Crippen LogP contribution in [0, 0.1) is 42.9 Å². The van der Waals surface area contributed by atoms with Gasteiger partial charge in [-0.15, -0.1) is 0 Å². The van der Waals surface area contributed by atoms with Crippen LogP contribution in [-0.4, -0.2) is 12.3 Å². The van der Waals surface area contributed by atoms with Crippen LogP contribution >= 0.6 is 17.2 Å². The van der Waals surface area contributed by atoms with E-state index < -0.39 is 14.4 Å². The van der Waals surface area contributed by atoms with Gasteiger partial charge >= 0.3 is 299 Å². The van der Waals surface area contributed by atoms with Crippen molar-refractivity contribution in [1.82, 2.24) is 0 Å². The Kier molecular flexibility index (Phi) is 2.56. The van der Waals surface area contributed by atoms with Gasteiger partial charge in [0.1, 0.15) is 0 Å². The van der Waals surface area contributed by atoms with Crippen molar-refractivity contribution in [2.75, 3.05) is 12.3 Å². The molecule has 4 saturated carbocycles. The molecule has 0 amide bonds. The van der Waals surface area contributed by atoms with Gasteiger partial charge in [0.05, 0.1) is 0 Å². The first kappa shape index (κ1) is 26.9. The van der Waals surface area contributed by atoms with Crippen molar-refractivity contribution in [3.63, 3.8) is 0 Å². The van der Waals surface area contributed by atoms with Gasteiger partial charge in [0.2, 0.25) is 0 Å². The summed E-state index contributed by atoms with van der Waals surface area (Å²) in [6, 6.07) is 45.1. The SMILES string of the molecule is Cc1ccccc1P(C[C]12[CH]3[C]4(c5ccccc5)[C]5(c6ccccc6)[C]1(C1(CP)C6CC7CC(C6)CC1C7)[Fe]32451678[CH]2[CH]1[CH]6[CH]7[CH]28)c1ccccc1C. The maximum atomic E-state index is 3.63. The van der Waals surface area contributed by atoms with Gasteiger partial charge in [-0.1, -0.05) is 0 Å². The van der Waals surface area contributed by atoms with Crippen molar-refractivity contribution in [3.8, 4) is 0 Å². The van der Waals surface area contributed by atoms with E-state index in [1.165, 1.54) is 30.2 Å². The molecule has 18 rings (SSSR count). The van der Waals surface area contributed by atoms with Crippen LogP contribution in [0.3, 0.4) is 0 Å². The number of benzene rings is 4. The molecule has 4 aromatic rings. The minimum absolute atomic E-state index is 0.448. The monoisotopic (exact) mass is 744 g/mol. The summed E-state index contributed by atoms with van der Waals surface area (Å²) in [6.45, 7) is 0.226. The molecule has 260 valence electrons. The van der Waals surface area contributed by atoms with Gasteiger partial charge in [0.15, 0.2) is 0 Å². The molecule has 4 aromatic carbocycles. The zero-order valence-electron chi connectivity index (χ0n) is 30.0. The summed E-state index contributed by atoms with van der Waals surface area (Å²) in [5.41, 5.74) is 7.46. The molecule has 10 saturated heterocycles. The van der Waals surface area contributed by atoms with Crippen molar-refractivity contribution in [3.05, 3.63) is 131 Å². The van der Waals surface area contributed by atoms with Crippen molar-refractivity contribution in [1.29, 1.82) is 0 Å².